The Morgan fingerprint density at radius 2 is 1.80 bits per heavy atom. The summed E-state index contributed by atoms with van der Waals surface area (Å²) in [5.41, 5.74) is 2.07. The summed E-state index contributed by atoms with van der Waals surface area (Å²) in [5.74, 6) is 2.51. The number of hydrogen-bond donors (Lipinski definition) is 0. The van der Waals surface area contributed by atoms with Crippen LogP contribution in [0.5, 0.6) is 11.5 Å². The third-order valence-electron chi connectivity index (χ3n) is 6.59. The maximum Gasteiger partial charge on any atom is 0.236 e. The van der Waals surface area contributed by atoms with E-state index >= 15 is 0 Å². The van der Waals surface area contributed by atoms with E-state index in [1.807, 2.05) is 53.4 Å². The Balaban J connectivity index is 1.31. The Hall–Kier alpha value is -3.65. The molecule has 0 spiro atoms. The lowest BCUT2D eigenvalue weighted by atomic mass is 10.1. The minimum atomic E-state index is -0.238. The normalized spacial score (nSPS) is 18.7. The van der Waals surface area contributed by atoms with Gasteiger partial charge in [-0.05, 0) is 24.6 Å². The lowest BCUT2D eigenvalue weighted by Crippen LogP contribution is -2.43. The number of fused-ring (bicyclic) bond motifs is 1. The van der Waals surface area contributed by atoms with Gasteiger partial charge in [-0.25, -0.2) is 9.97 Å². The Morgan fingerprint density at radius 1 is 1.00 bits per heavy atom. The van der Waals surface area contributed by atoms with Crippen LogP contribution >= 0.6 is 0 Å². The van der Waals surface area contributed by atoms with Crippen LogP contribution in [-0.4, -0.2) is 72.1 Å². The molecular formula is C27H31N5O3. The van der Waals surface area contributed by atoms with Crippen LogP contribution in [0.2, 0.25) is 0 Å². The van der Waals surface area contributed by atoms with Crippen molar-refractivity contribution in [2.24, 2.45) is 0 Å². The van der Waals surface area contributed by atoms with Crippen LogP contribution in [0.3, 0.4) is 0 Å². The van der Waals surface area contributed by atoms with Gasteiger partial charge < -0.3 is 19.3 Å². The first-order valence-electron chi connectivity index (χ1n) is 12.1. The van der Waals surface area contributed by atoms with Crippen LogP contribution < -0.4 is 14.4 Å². The topological polar surface area (TPSA) is 71.0 Å². The molecule has 0 aliphatic carbocycles. The average Bonchev–Trinajstić information content (AvgIpc) is 3.26. The minimum absolute atomic E-state index is 0.138. The number of anilines is 1. The molecule has 0 bridgehead atoms. The van der Waals surface area contributed by atoms with Gasteiger partial charge >= 0.3 is 0 Å². The largest absolute Gasteiger partial charge is 0.496 e. The molecule has 2 aliphatic heterocycles. The molecule has 0 saturated carbocycles. The van der Waals surface area contributed by atoms with E-state index in [0.717, 1.165) is 54.6 Å². The Morgan fingerprint density at radius 3 is 2.66 bits per heavy atom. The molecule has 8 nitrogen and oxygen atoms in total. The number of para-hydroxylation sites is 2. The second-order valence-electron chi connectivity index (χ2n) is 8.90. The number of ether oxygens (including phenoxy) is 2. The fourth-order valence-corrected chi connectivity index (χ4v) is 4.81. The SMILES string of the molecule is COc1ccccc1C1CN(CC(=O)N2CCCN(c3ncccn3)CC2)Cc2ccccc2O1. The molecule has 5 rings (SSSR count). The van der Waals surface area contributed by atoms with E-state index in [1.54, 1.807) is 19.5 Å². The second kappa shape index (κ2) is 10.7. The Labute approximate surface area is 206 Å². The van der Waals surface area contributed by atoms with Gasteiger partial charge in [-0.15, -0.1) is 0 Å². The van der Waals surface area contributed by atoms with Crippen molar-refractivity contribution >= 4 is 11.9 Å². The molecule has 0 radical (unpaired) electrons. The first kappa shape index (κ1) is 23.1. The van der Waals surface area contributed by atoms with E-state index < -0.39 is 0 Å². The van der Waals surface area contributed by atoms with Crippen LogP contribution in [-0.2, 0) is 11.3 Å². The number of benzene rings is 2. The van der Waals surface area contributed by atoms with E-state index in [4.69, 9.17) is 9.47 Å². The minimum Gasteiger partial charge on any atom is -0.496 e. The van der Waals surface area contributed by atoms with Crippen molar-refractivity contribution in [1.82, 2.24) is 19.8 Å². The van der Waals surface area contributed by atoms with Gasteiger partial charge in [0.15, 0.2) is 0 Å². The predicted molar refractivity (Wildman–Crippen MR) is 134 cm³/mol. The van der Waals surface area contributed by atoms with Crippen molar-refractivity contribution in [2.45, 2.75) is 19.1 Å². The molecule has 1 saturated heterocycles. The molecule has 2 aliphatic rings. The highest BCUT2D eigenvalue weighted by atomic mass is 16.5. The summed E-state index contributed by atoms with van der Waals surface area (Å²) in [6, 6.07) is 17.8. The van der Waals surface area contributed by atoms with Gasteiger partial charge in [0.05, 0.1) is 13.7 Å². The fourth-order valence-electron chi connectivity index (χ4n) is 4.81. The molecule has 1 aromatic heterocycles. The van der Waals surface area contributed by atoms with E-state index in [2.05, 4.69) is 25.8 Å². The summed E-state index contributed by atoms with van der Waals surface area (Å²) in [6.07, 6.45) is 4.17. The first-order chi connectivity index (χ1) is 17.2. The number of carbonyl (C=O) groups is 1. The van der Waals surface area contributed by atoms with E-state index in [9.17, 15) is 4.79 Å². The van der Waals surface area contributed by atoms with Crippen LogP contribution in [0.4, 0.5) is 5.95 Å². The maximum atomic E-state index is 13.4. The van der Waals surface area contributed by atoms with Crippen molar-refractivity contribution in [3.63, 3.8) is 0 Å². The number of rotatable bonds is 5. The zero-order valence-corrected chi connectivity index (χ0v) is 20.0. The van der Waals surface area contributed by atoms with Crippen LogP contribution in [0.15, 0.2) is 67.0 Å². The maximum absolute atomic E-state index is 13.4. The van der Waals surface area contributed by atoms with Crippen LogP contribution in [0.25, 0.3) is 0 Å². The van der Waals surface area contributed by atoms with Crippen LogP contribution in [0.1, 0.15) is 23.7 Å². The molecule has 1 unspecified atom stereocenters. The predicted octanol–water partition coefficient (Wildman–Crippen LogP) is 3.16. The molecular weight excluding hydrogens is 442 g/mol. The van der Waals surface area contributed by atoms with Gasteiger partial charge in [0.1, 0.15) is 17.6 Å². The van der Waals surface area contributed by atoms with Gasteiger partial charge in [0.25, 0.3) is 0 Å². The van der Waals surface area contributed by atoms with E-state index in [1.165, 1.54) is 0 Å². The molecule has 1 amide bonds. The molecule has 1 fully saturated rings. The number of carbonyl (C=O) groups excluding carboxylic acids is 1. The monoisotopic (exact) mass is 473 g/mol. The number of amides is 1. The van der Waals surface area contributed by atoms with E-state index in [-0.39, 0.29) is 12.0 Å². The first-order valence-corrected chi connectivity index (χ1v) is 12.1. The highest BCUT2D eigenvalue weighted by molar-refractivity contribution is 5.78. The molecule has 0 N–H and O–H groups in total. The lowest BCUT2D eigenvalue weighted by Gasteiger charge is -2.28. The Kier molecular flexibility index (Phi) is 7.09. The zero-order chi connectivity index (χ0) is 24.0. The third-order valence-corrected chi connectivity index (χ3v) is 6.59. The van der Waals surface area contributed by atoms with Crippen molar-refractivity contribution in [2.75, 3.05) is 51.3 Å². The second-order valence-corrected chi connectivity index (χ2v) is 8.90. The van der Waals surface area contributed by atoms with Gasteiger partial charge in [0.2, 0.25) is 11.9 Å². The molecule has 3 aromatic rings. The summed E-state index contributed by atoms with van der Waals surface area (Å²) in [4.78, 5) is 28.5. The summed E-state index contributed by atoms with van der Waals surface area (Å²) in [6.45, 7) is 4.56. The van der Waals surface area contributed by atoms with Crippen LogP contribution in [0, 0.1) is 0 Å². The summed E-state index contributed by atoms with van der Waals surface area (Å²) >= 11 is 0. The molecule has 8 heteroatoms. The number of hydrogen-bond acceptors (Lipinski definition) is 7. The standard InChI is InChI=1S/C27H31N5O3/c1-34-24-11-5-3-9-22(24)25-19-30(18-21-8-2-4-10-23(21)35-25)20-26(33)31-14-7-15-32(17-16-31)27-28-12-6-13-29-27/h2-6,8-13,25H,7,14-20H2,1H3. The Bertz CT molecular complexity index is 1140. The smallest absolute Gasteiger partial charge is 0.236 e. The highest BCUT2D eigenvalue weighted by Crippen LogP contribution is 2.34. The van der Waals surface area contributed by atoms with Gasteiger partial charge in [-0.1, -0.05) is 36.4 Å². The van der Waals surface area contributed by atoms with Gasteiger partial charge in [0, 0.05) is 62.8 Å². The van der Waals surface area contributed by atoms with Crippen molar-refractivity contribution in [1.29, 1.82) is 0 Å². The molecule has 182 valence electrons. The zero-order valence-electron chi connectivity index (χ0n) is 20.0. The summed E-state index contributed by atoms with van der Waals surface area (Å²) in [5, 5.41) is 0. The van der Waals surface area contributed by atoms with Gasteiger partial charge in [-0.3, -0.25) is 9.69 Å². The van der Waals surface area contributed by atoms with E-state index in [0.29, 0.717) is 26.2 Å². The van der Waals surface area contributed by atoms with Crippen molar-refractivity contribution in [3.05, 3.63) is 78.1 Å². The highest BCUT2D eigenvalue weighted by Gasteiger charge is 2.29. The molecule has 2 aromatic carbocycles. The molecule has 3 heterocycles. The quantitative estimate of drug-likeness (QED) is 0.564. The number of aromatic nitrogens is 2. The van der Waals surface area contributed by atoms with Gasteiger partial charge in [-0.2, -0.15) is 0 Å². The van der Waals surface area contributed by atoms with Crippen molar-refractivity contribution < 1.29 is 14.3 Å². The average molecular weight is 474 g/mol. The lowest BCUT2D eigenvalue weighted by molar-refractivity contribution is -0.132. The summed E-state index contributed by atoms with van der Waals surface area (Å²) in [7, 11) is 1.67. The number of methoxy groups -OCH3 is 1. The molecule has 1 atom stereocenters. The van der Waals surface area contributed by atoms with Crippen molar-refractivity contribution in [3.8, 4) is 11.5 Å². The third kappa shape index (κ3) is 5.38. The number of nitrogens with zero attached hydrogens (tertiary/aromatic N) is 5. The molecule has 35 heavy (non-hydrogen) atoms. The fraction of sp³-hybridized carbons (Fsp3) is 0.370. The summed E-state index contributed by atoms with van der Waals surface area (Å²) < 4.78 is 12.1.